The Kier molecular flexibility index (Phi) is 6.76. The van der Waals surface area contributed by atoms with Gasteiger partial charge in [-0.25, -0.2) is 16.8 Å². The third-order valence-corrected chi connectivity index (χ3v) is 9.08. The van der Waals surface area contributed by atoms with Crippen LogP contribution in [-0.2, 0) is 19.9 Å². The van der Waals surface area contributed by atoms with Crippen LogP contribution in [-0.4, -0.2) is 58.8 Å². The van der Waals surface area contributed by atoms with E-state index < -0.39 is 19.9 Å². The SMILES string of the molecule is CCCN(C(=O)c1ccc(N(C)S(=O)(=O)c2ccc(C)cc2)cc1)[C@H]1CCS(=O)(=O)C1. The van der Waals surface area contributed by atoms with Crippen LogP contribution in [0.3, 0.4) is 0 Å². The van der Waals surface area contributed by atoms with Gasteiger partial charge in [0.1, 0.15) is 0 Å². The Morgan fingerprint density at radius 2 is 1.68 bits per heavy atom. The van der Waals surface area contributed by atoms with Crippen molar-refractivity contribution in [2.45, 2.75) is 37.6 Å². The Balaban J connectivity index is 1.81. The minimum Gasteiger partial charge on any atom is -0.335 e. The maximum Gasteiger partial charge on any atom is 0.264 e. The van der Waals surface area contributed by atoms with Crippen molar-refractivity contribution in [3.8, 4) is 0 Å². The maximum atomic E-state index is 13.1. The number of nitrogens with zero attached hydrogens (tertiary/aromatic N) is 2. The van der Waals surface area contributed by atoms with Crippen LogP contribution in [0, 0.1) is 6.92 Å². The number of aryl methyl sites for hydroxylation is 1. The normalized spacial score (nSPS) is 18.0. The number of hydrogen-bond donors (Lipinski definition) is 0. The lowest BCUT2D eigenvalue weighted by molar-refractivity contribution is 0.0697. The van der Waals surface area contributed by atoms with Gasteiger partial charge in [0.05, 0.1) is 22.1 Å². The van der Waals surface area contributed by atoms with Crippen LogP contribution in [0.5, 0.6) is 0 Å². The van der Waals surface area contributed by atoms with Crippen LogP contribution in [0.1, 0.15) is 35.7 Å². The van der Waals surface area contributed by atoms with Gasteiger partial charge in [-0.15, -0.1) is 0 Å². The molecule has 1 atom stereocenters. The highest BCUT2D eigenvalue weighted by molar-refractivity contribution is 7.92. The van der Waals surface area contributed by atoms with Gasteiger partial charge in [0.15, 0.2) is 9.84 Å². The Hall–Kier alpha value is -2.39. The first kappa shape index (κ1) is 23.3. The molecule has 3 rings (SSSR count). The van der Waals surface area contributed by atoms with Crippen molar-refractivity contribution in [1.29, 1.82) is 0 Å². The van der Waals surface area contributed by atoms with Crippen LogP contribution in [0.4, 0.5) is 5.69 Å². The molecule has 31 heavy (non-hydrogen) atoms. The summed E-state index contributed by atoms with van der Waals surface area (Å²) in [6.45, 7) is 4.30. The van der Waals surface area contributed by atoms with E-state index in [0.29, 0.717) is 24.2 Å². The van der Waals surface area contributed by atoms with Gasteiger partial charge in [-0.3, -0.25) is 9.10 Å². The summed E-state index contributed by atoms with van der Waals surface area (Å²) in [6.07, 6.45) is 1.17. The number of carbonyl (C=O) groups is 1. The summed E-state index contributed by atoms with van der Waals surface area (Å²) >= 11 is 0. The fraction of sp³-hybridized carbons (Fsp3) is 0.409. The Labute approximate surface area is 184 Å². The number of benzene rings is 2. The van der Waals surface area contributed by atoms with Gasteiger partial charge in [0.2, 0.25) is 0 Å². The summed E-state index contributed by atoms with van der Waals surface area (Å²) in [5.41, 5.74) is 1.81. The van der Waals surface area contributed by atoms with Crippen LogP contribution >= 0.6 is 0 Å². The van der Waals surface area contributed by atoms with Crippen molar-refractivity contribution in [2.24, 2.45) is 0 Å². The lowest BCUT2D eigenvalue weighted by atomic mass is 10.1. The van der Waals surface area contributed by atoms with Gasteiger partial charge in [-0.1, -0.05) is 24.6 Å². The molecule has 168 valence electrons. The number of hydrogen-bond acceptors (Lipinski definition) is 5. The van der Waals surface area contributed by atoms with Crippen molar-refractivity contribution in [2.75, 3.05) is 29.4 Å². The molecule has 2 aromatic carbocycles. The van der Waals surface area contributed by atoms with Crippen molar-refractivity contribution in [1.82, 2.24) is 4.90 Å². The minimum atomic E-state index is -3.72. The molecule has 0 bridgehead atoms. The number of sulfone groups is 1. The van der Waals surface area contributed by atoms with Crippen molar-refractivity contribution in [3.63, 3.8) is 0 Å². The molecule has 0 N–H and O–H groups in total. The molecular formula is C22H28N2O5S2. The van der Waals surface area contributed by atoms with Crippen molar-refractivity contribution >= 4 is 31.5 Å². The maximum absolute atomic E-state index is 13.1. The molecular weight excluding hydrogens is 436 g/mol. The predicted octanol–water partition coefficient (Wildman–Crippen LogP) is 2.86. The average molecular weight is 465 g/mol. The van der Waals surface area contributed by atoms with Gasteiger partial charge in [0.25, 0.3) is 15.9 Å². The molecule has 0 unspecified atom stereocenters. The molecule has 0 saturated carbocycles. The smallest absolute Gasteiger partial charge is 0.264 e. The molecule has 7 nitrogen and oxygen atoms in total. The molecule has 1 fully saturated rings. The summed E-state index contributed by atoms with van der Waals surface area (Å²) in [5, 5.41) is 0. The summed E-state index contributed by atoms with van der Waals surface area (Å²) in [7, 11) is -5.36. The molecule has 2 aromatic rings. The summed E-state index contributed by atoms with van der Waals surface area (Å²) < 4.78 is 50.7. The van der Waals surface area contributed by atoms with Crippen molar-refractivity contribution < 1.29 is 21.6 Å². The largest absolute Gasteiger partial charge is 0.335 e. The average Bonchev–Trinajstić information content (AvgIpc) is 3.10. The van der Waals surface area contributed by atoms with E-state index in [2.05, 4.69) is 0 Å². The zero-order chi connectivity index (χ0) is 22.8. The molecule has 1 amide bonds. The fourth-order valence-corrected chi connectivity index (χ4v) is 6.63. The van der Waals surface area contributed by atoms with Crippen LogP contribution in [0.15, 0.2) is 53.4 Å². The first-order valence-electron chi connectivity index (χ1n) is 10.2. The number of sulfonamides is 1. The Morgan fingerprint density at radius 1 is 1.06 bits per heavy atom. The van der Waals surface area contributed by atoms with Gasteiger partial charge in [-0.2, -0.15) is 0 Å². The van der Waals surface area contributed by atoms with Crippen LogP contribution in [0.2, 0.25) is 0 Å². The number of carbonyl (C=O) groups excluding carboxylic acids is 1. The van der Waals surface area contributed by atoms with E-state index in [4.69, 9.17) is 0 Å². The second kappa shape index (κ2) is 9.00. The highest BCUT2D eigenvalue weighted by atomic mass is 32.2. The van der Waals surface area contributed by atoms with Crippen molar-refractivity contribution in [3.05, 3.63) is 59.7 Å². The van der Waals surface area contributed by atoms with Gasteiger partial charge < -0.3 is 4.90 Å². The molecule has 9 heteroatoms. The third kappa shape index (κ3) is 5.10. The fourth-order valence-electron chi connectivity index (χ4n) is 3.70. The molecule has 1 heterocycles. The van der Waals surface area contributed by atoms with E-state index in [1.165, 1.54) is 11.4 Å². The zero-order valence-electron chi connectivity index (χ0n) is 18.0. The highest BCUT2D eigenvalue weighted by Crippen LogP contribution is 2.25. The number of rotatable bonds is 7. The summed E-state index contributed by atoms with van der Waals surface area (Å²) in [6, 6.07) is 12.7. The summed E-state index contributed by atoms with van der Waals surface area (Å²) in [5.74, 6) is -0.139. The van der Waals surface area contributed by atoms with E-state index in [1.54, 1.807) is 53.4 Å². The van der Waals surface area contributed by atoms with Gasteiger partial charge in [0, 0.05) is 25.2 Å². The molecule has 0 aromatic heterocycles. The predicted molar refractivity (Wildman–Crippen MR) is 122 cm³/mol. The molecule has 0 spiro atoms. The lowest BCUT2D eigenvalue weighted by Gasteiger charge is -2.28. The van der Waals surface area contributed by atoms with Gasteiger partial charge in [-0.05, 0) is 56.2 Å². The van der Waals surface area contributed by atoms with Crippen LogP contribution in [0.25, 0.3) is 0 Å². The topological polar surface area (TPSA) is 91.8 Å². The Morgan fingerprint density at radius 3 is 2.19 bits per heavy atom. The zero-order valence-corrected chi connectivity index (χ0v) is 19.6. The Bertz CT molecular complexity index is 1140. The second-order valence-electron chi connectivity index (χ2n) is 7.89. The lowest BCUT2D eigenvalue weighted by Crippen LogP contribution is -2.41. The quantitative estimate of drug-likeness (QED) is 0.628. The highest BCUT2D eigenvalue weighted by Gasteiger charge is 2.34. The third-order valence-electron chi connectivity index (χ3n) is 5.53. The van der Waals surface area contributed by atoms with E-state index in [0.717, 1.165) is 12.0 Å². The van der Waals surface area contributed by atoms with E-state index in [9.17, 15) is 21.6 Å². The summed E-state index contributed by atoms with van der Waals surface area (Å²) in [4.78, 5) is 14.9. The molecule has 0 aliphatic carbocycles. The molecule has 1 saturated heterocycles. The monoisotopic (exact) mass is 464 g/mol. The molecule has 1 aliphatic heterocycles. The van der Waals surface area contributed by atoms with E-state index >= 15 is 0 Å². The standard InChI is InChI=1S/C22H28N2O5S2/c1-4-14-24(20-13-15-30(26,27)16-20)22(25)18-7-9-19(10-8-18)23(3)31(28,29)21-11-5-17(2)6-12-21/h5-12,20H,4,13-16H2,1-3H3/t20-/m0/s1. The number of anilines is 1. The van der Waals surface area contributed by atoms with Gasteiger partial charge >= 0.3 is 0 Å². The van der Waals surface area contributed by atoms with E-state index in [1.807, 2.05) is 13.8 Å². The van der Waals surface area contributed by atoms with Crippen LogP contribution < -0.4 is 4.31 Å². The molecule has 1 aliphatic rings. The first-order chi connectivity index (χ1) is 14.5. The number of amides is 1. The second-order valence-corrected chi connectivity index (χ2v) is 12.1. The molecule has 0 radical (unpaired) electrons. The minimum absolute atomic E-state index is 0.00560. The first-order valence-corrected chi connectivity index (χ1v) is 13.5. The van der Waals surface area contributed by atoms with E-state index in [-0.39, 0.29) is 28.4 Å².